The van der Waals surface area contributed by atoms with Crippen molar-refractivity contribution in [1.82, 2.24) is 0 Å². The van der Waals surface area contributed by atoms with Crippen molar-refractivity contribution < 1.29 is 4.58 Å². The summed E-state index contributed by atoms with van der Waals surface area (Å²) in [5, 5.41) is 1.67. The number of para-hydroxylation sites is 1. The summed E-state index contributed by atoms with van der Waals surface area (Å²) in [6.45, 7) is 19.1. The first-order valence-electron chi connectivity index (χ1n) is 8.89. The first-order valence-corrected chi connectivity index (χ1v) is 16.6. The zero-order chi connectivity index (χ0) is 18.4. The molecular weight excluding hydrogens is 536 g/mol. The molecule has 0 saturated carbocycles. The zero-order valence-corrected chi connectivity index (χ0v) is 21.6. The molecule has 1 aromatic rings. The van der Waals surface area contributed by atoms with Crippen LogP contribution in [-0.2, 0) is 0 Å². The second kappa shape index (κ2) is 7.29. The Morgan fingerprint density at radius 1 is 0.958 bits per heavy atom. The van der Waals surface area contributed by atoms with Crippen molar-refractivity contribution in [3.8, 4) is 0 Å². The van der Waals surface area contributed by atoms with E-state index in [4.69, 9.17) is 0 Å². The maximum absolute atomic E-state index is 2.75. The summed E-state index contributed by atoms with van der Waals surface area (Å²) in [6, 6.07) is 6.94. The topological polar surface area (TPSA) is 3.01 Å². The summed E-state index contributed by atoms with van der Waals surface area (Å²) in [6.07, 6.45) is 1.22. The SMILES string of the molecule is CC(C)c1cccc(C(C)C)c1[N+]1=C([Si-](I)I)C(C)(C)CC1(C)C. The molecule has 1 aliphatic heterocycles. The van der Waals surface area contributed by atoms with Gasteiger partial charge in [-0.25, -0.2) is 4.58 Å². The molecule has 0 N–H and O–H groups in total. The van der Waals surface area contributed by atoms with Crippen molar-refractivity contribution in [1.29, 1.82) is 0 Å². The lowest BCUT2D eigenvalue weighted by molar-refractivity contribution is -0.515. The first kappa shape index (κ1) is 20.9. The molecule has 0 aromatic heterocycles. The monoisotopic (exact) mass is 567 g/mol. The van der Waals surface area contributed by atoms with Crippen LogP contribution in [-0.4, -0.2) is 19.2 Å². The fourth-order valence-electron chi connectivity index (χ4n) is 4.37. The van der Waals surface area contributed by atoms with Crippen LogP contribution in [0.1, 0.15) is 84.8 Å². The minimum Gasteiger partial charge on any atom is -0.302 e. The van der Waals surface area contributed by atoms with Gasteiger partial charge in [-0.05, 0) is 11.8 Å². The van der Waals surface area contributed by atoms with E-state index < -0.39 is 3.79 Å². The number of halogens is 2. The standard InChI is InChI=1S/C20H31I2NSi/c1-13(2)15-10-9-11-16(14(3)4)17(15)23-18(24(21)22)19(5,6)12-20(23,7)8/h9-11,13-14H,12H2,1-8H3. The van der Waals surface area contributed by atoms with Crippen LogP contribution >= 0.6 is 43.6 Å². The van der Waals surface area contributed by atoms with Crippen LogP contribution < -0.4 is 0 Å². The molecule has 0 unspecified atom stereocenters. The van der Waals surface area contributed by atoms with E-state index in [0.29, 0.717) is 11.8 Å². The lowest BCUT2D eigenvalue weighted by atomic mass is 9.84. The molecule has 0 fully saturated rings. The number of benzene rings is 1. The van der Waals surface area contributed by atoms with Gasteiger partial charge < -0.3 is 43.6 Å². The summed E-state index contributed by atoms with van der Waals surface area (Å²) in [7, 11) is 0. The Morgan fingerprint density at radius 3 is 1.79 bits per heavy atom. The molecule has 0 saturated heterocycles. The summed E-state index contributed by atoms with van der Waals surface area (Å²) >= 11 is 5.39. The van der Waals surface area contributed by atoms with E-state index >= 15 is 0 Å². The molecule has 0 bridgehead atoms. The van der Waals surface area contributed by atoms with Crippen LogP contribution in [0.25, 0.3) is 0 Å². The van der Waals surface area contributed by atoms with Gasteiger partial charge in [-0.1, -0.05) is 63.5 Å². The highest BCUT2D eigenvalue weighted by atomic mass is 127. The Hall–Kier alpha value is 0.567. The predicted molar refractivity (Wildman–Crippen MR) is 126 cm³/mol. The van der Waals surface area contributed by atoms with Crippen LogP contribution in [0.3, 0.4) is 0 Å². The van der Waals surface area contributed by atoms with Crippen molar-refractivity contribution in [2.24, 2.45) is 5.41 Å². The number of hydrogen-bond acceptors (Lipinski definition) is 0. The van der Waals surface area contributed by atoms with Gasteiger partial charge in [-0.2, -0.15) is 0 Å². The van der Waals surface area contributed by atoms with Gasteiger partial charge in [0.25, 0.3) is 0 Å². The van der Waals surface area contributed by atoms with Gasteiger partial charge in [0.15, 0.2) is 5.54 Å². The molecule has 1 aromatic carbocycles. The van der Waals surface area contributed by atoms with Crippen LogP contribution in [0, 0.1) is 5.41 Å². The van der Waals surface area contributed by atoms with Crippen molar-refractivity contribution >= 4 is 58.4 Å². The van der Waals surface area contributed by atoms with E-state index in [1.54, 1.807) is 5.33 Å². The molecule has 1 nitrogen and oxygen atoms in total. The summed E-state index contributed by atoms with van der Waals surface area (Å²) < 4.78 is 2.17. The van der Waals surface area contributed by atoms with Crippen LogP contribution in [0.2, 0.25) is 0 Å². The second-order valence-electron chi connectivity index (χ2n) is 8.91. The zero-order valence-electron chi connectivity index (χ0n) is 16.3. The van der Waals surface area contributed by atoms with Gasteiger partial charge >= 0.3 is 0 Å². The van der Waals surface area contributed by atoms with Crippen LogP contribution in [0.4, 0.5) is 5.69 Å². The molecule has 1 heterocycles. The number of rotatable bonds is 4. The van der Waals surface area contributed by atoms with Crippen LogP contribution in [0.15, 0.2) is 18.2 Å². The smallest absolute Gasteiger partial charge is 0.210 e. The highest BCUT2D eigenvalue weighted by Crippen LogP contribution is 2.48. The number of nitrogens with zero attached hydrogens (tertiary/aromatic N) is 1. The van der Waals surface area contributed by atoms with Gasteiger partial charge in [-0.15, -0.1) is 0 Å². The molecule has 134 valence electrons. The Morgan fingerprint density at radius 2 is 1.42 bits per heavy atom. The van der Waals surface area contributed by atoms with E-state index in [2.05, 4.69) is 122 Å². The molecule has 0 amide bonds. The van der Waals surface area contributed by atoms with E-state index in [1.807, 2.05) is 0 Å². The molecule has 1 aliphatic rings. The Balaban J connectivity index is 2.93. The Bertz CT molecular complexity index is 631. The average molecular weight is 567 g/mol. The largest absolute Gasteiger partial charge is 0.302 e. The van der Waals surface area contributed by atoms with E-state index in [0.717, 1.165) is 0 Å². The normalized spacial score (nSPS) is 19.5. The molecule has 0 radical (unpaired) electrons. The molecule has 24 heavy (non-hydrogen) atoms. The van der Waals surface area contributed by atoms with Gasteiger partial charge in [0.2, 0.25) is 5.69 Å². The molecule has 4 heteroatoms. The van der Waals surface area contributed by atoms with Crippen molar-refractivity contribution in [2.45, 2.75) is 79.2 Å². The van der Waals surface area contributed by atoms with Gasteiger partial charge in [0, 0.05) is 42.1 Å². The molecular formula is C20H31I2NSi. The fraction of sp³-hybridized carbons (Fsp3) is 0.650. The minimum atomic E-state index is -0.585. The highest BCUT2D eigenvalue weighted by Gasteiger charge is 2.50. The van der Waals surface area contributed by atoms with Gasteiger partial charge in [0.1, 0.15) is 0 Å². The van der Waals surface area contributed by atoms with Crippen molar-refractivity contribution in [2.75, 3.05) is 0 Å². The average Bonchev–Trinajstić information content (AvgIpc) is 2.61. The Labute approximate surface area is 175 Å². The quantitative estimate of drug-likeness (QED) is 0.158. The summed E-state index contributed by atoms with van der Waals surface area (Å²) in [5.74, 6) is 1.08. The maximum Gasteiger partial charge on any atom is 0.210 e. The van der Waals surface area contributed by atoms with E-state index in [-0.39, 0.29) is 11.0 Å². The molecule has 2 rings (SSSR count). The highest BCUT2D eigenvalue weighted by molar-refractivity contribution is 14.3. The minimum absolute atomic E-state index is 0.166. The lowest BCUT2D eigenvalue weighted by Gasteiger charge is -2.28. The lowest BCUT2D eigenvalue weighted by Crippen LogP contribution is -2.35. The fourth-order valence-corrected chi connectivity index (χ4v) is 11.4. The summed E-state index contributed by atoms with van der Waals surface area (Å²) in [4.78, 5) is 0. The first-order chi connectivity index (χ1) is 10.9. The summed E-state index contributed by atoms with van der Waals surface area (Å²) in [5.41, 5.74) is 4.95. The van der Waals surface area contributed by atoms with E-state index in [1.165, 1.54) is 23.2 Å². The van der Waals surface area contributed by atoms with E-state index in [9.17, 15) is 0 Å². The third kappa shape index (κ3) is 3.80. The van der Waals surface area contributed by atoms with Gasteiger partial charge in [-0.3, -0.25) is 0 Å². The third-order valence-electron chi connectivity index (χ3n) is 5.09. The van der Waals surface area contributed by atoms with Crippen molar-refractivity contribution in [3.63, 3.8) is 0 Å². The Kier molecular flexibility index (Phi) is 6.34. The molecule has 0 aliphatic carbocycles. The molecule has 0 spiro atoms. The molecule has 0 atom stereocenters. The maximum atomic E-state index is 2.75. The second-order valence-corrected chi connectivity index (χ2v) is 22.6. The van der Waals surface area contributed by atoms with Crippen LogP contribution in [0.5, 0.6) is 0 Å². The van der Waals surface area contributed by atoms with Gasteiger partial charge in [0.05, 0.1) is 0 Å². The predicted octanol–water partition coefficient (Wildman–Crippen LogP) is 7.12. The third-order valence-corrected chi connectivity index (χ3v) is 9.41. The number of hydrogen-bond donors (Lipinski definition) is 0. The van der Waals surface area contributed by atoms with Crippen molar-refractivity contribution in [3.05, 3.63) is 29.3 Å².